The third-order valence-electron chi connectivity index (χ3n) is 6.45. The van der Waals surface area contributed by atoms with Crippen LogP contribution >= 0.6 is 0 Å². The van der Waals surface area contributed by atoms with Gasteiger partial charge in [0.15, 0.2) is 5.84 Å². The third-order valence-corrected chi connectivity index (χ3v) is 6.45. The van der Waals surface area contributed by atoms with Crippen LogP contribution in [0.3, 0.4) is 0 Å². The Morgan fingerprint density at radius 3 is 1.66 bits per heavy atom. The summed E-state index contributed by atoms with van der Waals surface area (Å²) in [6.45, 7) is 17.6. The van der Waals surface area contributed by atoms with E-state index in [4.69, 9.17) is 15.7 Å². The molecule has 0 fully saturated rings. The highest BCUT2D eigenvalue weighted by atomic mass is 16.3. The first-order valence-corrected chi connectivity index (χ1v) is 13.6. The molecule has 0 saturated heterocycles. The molecule has 3 aromatic carbocycles. The van der Waals surface area contributed by atoms with Crippen molar-refractivity contribution in [2.45, 2.75) is 92.3 Å². The first-order chi connectivity index (χ1) is 17.8. The van der Waals surface area contributed by atoms with Gasteiger partial charge in [-0.25, -0.2) is 4.99 Å². The number of amidine groups is 1. The van der Waals surface area contributed by atoms with E-state index in [0.717, 1.165) is 22.7 Å². The number of hydrogen-bond acceptors (Lipinski definition) is 3. The van der Waals surface area contributed by atoms with Gasteiger partial charge in [0.1, 0.15) is 0 Å². The summed E-state index contributed by atoms with van der Waals surface area (Å²) in [7, 11) is 0. The summed E-state index contributed by atoms with van der Waals surface area (Å²) in [5.41, 5.74) is 9.81. The first-order valence-electron chi connectivity index (χ1n) is 13.6. The van der Waals surface area contributed by atoms with E-state index >= 15 is 0 Å². The summed E-state index contributed by atoms with van der Waals surface area (Å²) < 4.78 is 0. The molecule has 38 heavy (non-hydrogen) atoms. The number of nitrogens with zero attached hydrogens (tertiary/aromatic N) is 2. The molecule has 0 aliphatic carbocycles. The van der Waals surface area contributed by atoms with Crippen LogP contribution in [-0.2, 0) is 0 Å². The van der Waals surface area contributed by atoms with Crippen LogP contribution in [0.15, 0.2) is 94.9 Å². The zero-order valence-corrected chi connectivity index (χ0v) is 25.0. The number of nitrogens with two attached hydrogens (primary N) is 1. The Kier molecular flexibility index (Phi) is 13.9. The molecule has 1 unspecified atom stereocenters. The molecular weight excluding hydrogens is 466 g/mol. The predicted octanol–water partition coefficient (Wildman–Crippen LogP) is 8.31. The summed E-state index contributed by atoms with van der Waals surface area (Å²) in [6.07, 6.45) is 2.64. The van der Waals surface area contributed by atoms with Gasteiger partial charge in [0.2, 0.25) is 0 Å². The molecule has 0 spiro atoms. The average molecular weight is 516 g/mol. The summed E-state index contributed by atoms with van der Waals surface area (Å²) in [5, 5.41) is 9.23. The van der Waals surface area contributed by atoms with Crippen LogP contribution in [0.5, 0.6) is 0 Å². The molecule has 0 saturated carbocycles. The highest BCUT2D eigenvalue weighted by Crippen LogP contribution is 2.19. The van der Waals surface area contributed by atoms with Gasteiger partial charge >= 0.3 is 0 Å². The molecule has 0 radical (unpaired) electrons. The molecule has 0 amide bonds. The van der Waals surface area contributed by atoms with Crippen molar-refractivity contribution in [3.8, 4) is 0 Å². The zero-order chi connectivity index (χ0) is 28.8. The molecule has 0 aromatic heterocycles. The van der Waals surface area contributed by atoms with Crippen molar-refractivity contribution in [2.24, 2.45) is 15.7 Å². The van der Waals surface area contributed by atoms with Crippen LogP contribution in [-0.4, -0.2) is 27.8 Å². The fourth-order valence-corrected chi connectivity index (χ4v) is 2.76. The van der Waals surface area contributed by atoms with Gasteiger partial charge in [0.25, 0.3) is 0 Å². The number of unbranched alkanes of at least 4 members (excludes halogenated alkanes) is 1. The van der Waals surface area contributed by atoms with Gasteiger partial charge in [-0.1, -0.05) is 117 Å². The van der Waals surface area contributed by atoms with E-state index in [1.807, 2.05) is 43.3 Å². The molecule has 4 heteroatoms. The minimum atomic E-state index is -0.785. The van der Waals surface area contributed by atoms with Crippen LogP contribution in [0.2, 0.25) is 0 Å². The summed E-state index contributed by atoms with van der Waals surface area (Å²) >= 11 is 0. The quantitative estimate of drug-likeness (QED) is 0.256. The van der Waals surface area contributed by atoms with Gasteiger partial charge in [-0.15, -0.1) is 0 Å². The third kappa shape index (κ3) is 12.0. The number of benzene rings is 3. The highest BCUT2D eigenvalue weighted by molar-refractivity contribution is 6.11. The molecule has 3 rings (SSSR count). The van der Waals surface area contributed by atoms with E-state index in [2.05, 4.69) is 76.2 Å². The van der Waals surface area contributed by atoms with Crippen molar-refractivity contribution < 1.29 is 5.11 Å². The fraction of sp³-hybridized carbons (Fsp3) is 0.412. The van der Waals surface area contributed by atoms with E-state index in [1.54, 1.807) is 27.7 Å². The molecule has 0 aliphatic rings. The predicted molar refractivity (Wildman–Crippen MR) is 166 cm³/mol. The minimum Gasteiger partial charge on any atom is -0.389 e. The summed E-state index contributed by atoms with van der Waals surface area (Å²) in [5.74, 6) is 0.764. The highest BCUT2D eigenvalue weighted by Gasteiger charge is 2.30. The lowest BCUT2D eigenvalue weighted by molar-refractivity contribution is 0.0144. The molecule has 1 atom stereocenters. The van der Waals surface area contributed by atoms with Gasteiger partial charge in [-0.05, 0) is 59.6 Å². The molecule has 0 bridgehead atoms. The molecular formula is C34H49N3O. The second kappa shape index (κ2) is 16.0. The Morgan fingerprint density at radius 2 is 1.24 bits per heavy atom. The SMILES string of the molecule is CC(=NC(=NC(C)c1ccccc1)c1ccccc1)c1ccc(C)cc1.CC(C)(N)C(C)(C)O.CCCC. The fourth-order valence-electron chi connectivity index (χ4n) is 2.76. The van der Waals surface area contributed by atoms with Crippen LogP contribution in [0.4, 0.5) is 0 Å². The van der Waals surface area contributed by atoms with Crippen molar-refractivity contribution in [1.82, 2.24) is 0 Å². The van der Waals surface area contributed by atoms with E-state index in [1.165, 1.54) is 24.0 Å². The van der Waals surface area contributed by atoms with Crippen molar-refractivity contribution in [1.29, 1.82) is 0 Å². The smallest absolute Gasteiger partial charge is 0.155 e. The van der Waals surface area contributed by atoms with E-state index in [0.29, 0.717) is 0 Å². The summed E-state index contributed by atoms with van der Waals surface area (Å²) in [6, 6.07) is 29.0. The summed E-state index contributed by atoms with van der Waals surface area (Å²) in [4.78, 5) is 9.81. The standard InChI is InChI=1S/C24H24N2.C6H15NO.C4H10/c1-18-14-16-22(17-15-18)20(3)26-24(23-12-8-5-9-13-23)25-19(2)21-10-6-4-7-11-21;1-5(2,7)6(3,4)8;1-3-4-2/h4-17,19H,1-3H3;8H,7H2,1-4H3;3-4H2,1-2H3. The van der Waals surface area contributed by atoms with Crippen LogP contribution < -0.4 is 5.73 Å². The Labute approximate surface area is 231 Å². The Balaban J connectivity index is 0.000000504. The number of rotatable bonds is 6. The van der Waals surface area contributed by atoms with E-state index < -0.39 is 11.1 Å². The van der Waals surface area contributed by atoms with Gasteiger partial charge in [-0.3, -0.25) is 4.99 Å². The molecule has 206 valence electrons. The largest absolute Gasteiger partial charge is 0.389 e. The molecule has 3 aromatic rings. The van der Waals surface area contributed by atoms with Crippen molar-refractivity contribution in [3.63, 3.8) is 0 Å². The topological polar surface area (TPSA) is 71.0 Å². The monoisotopic (exact) mass is 515 g/mol. The van der Waals surface area contributed by atoms with Crippen LogP contribution in [0.25, 0.3) is 0 Å². The Bertz CT molecular complexity index is 1090. The maximum Gasteiger partial charge on any atom is 0.155 e. The Morgan fingerprint density at radius 1 is 0.789 bits per heavy atom. The van der Waals surface area contributed by atoms with Crippen molar-refractivity contribution in [2.75, 3.05) is 0 Å². The lowest BCUT2D eigenvalue weighted by Gasteiger charge is -2.32. The average Bonchev–Trinajstić information content (AvgIpc) is 2.89. The van der Waals surface area contributed by atoms with E-state index in [9.17, 15) is 5.11 Å². The van der Waals surface area contributed by atoms with Crippen LogP contribution in [0, 0.1) is 6.92 Å². The lowest BCUT2D eigenvalue weighted by Crippen LogP contribution is -2.52. The number of hydrogen-bond donors (Lipinski definition) is 2. The van der Waals surface area contributed by atoms with Gasteiger partial charge in [-0.2, -0.15) is 0 Å². The molecule has 0 aliphatic heterocycles. The maximum atomic E-state index is 9.23. The van der Waals surface area contributed by atoms with Gasteiger partial charge in [0, 0.05) is 16.8 Å². The van der Waals surface area contributed by atoms with Crippen molar-refractivity contribution >= 4 is 11.5 Å². The second-order valence-electron chi connectivity index (χ2n) is 10.7. The number of aryl methyl sites for hydroxylation is 1. The minimum absolute atomic E-state index is 0.0426. The first kappa shape index (κ1) is 32.9. The zero-order valence-electron chi connectivity index (χ0n) is 25.0. The van der Waals surface area contributed by atoms with E-state index in [-0.39, 0.29) is 6.04 Å². The number of aliphatic imine (C=N–C) groups is 2. The second-order valence-corrected chi connectivity index (χ2v) is 10.7. The molecule has 4 nitrogen and oxygen atoms in total. The Hall–Kier alpha value is -3.08. The lowest BCUT2D eigenvalue weighted by atomic mass is 9.87. The van der Waals surface area contributed by atoms with Crippen LogP contribution in [0.1, 0.15) is 96.5 Å². The van der Waals surface area contributed by atoms with Crippen molar-refractivity contribution in [3.05, 3.63) is 107 Å². The normalized spacial score (nSPS) is 13.0. The number of aliphatic hydroxyl groups is 1. The van der Waals surface area contributed by atoms with Gasteiger partial charge < -0.3 is 10.8 Å². The molecule has 3 N–H and O–H groups in total. The van der Waals surface area contributed by atoms with Gasteiger partial charge in [0.05, 0.1) is 11.6 Å². The maximum absolute atomic E-state index is 9.23. The molecule has 0 heterocycles.